The molecule has 7 heteroatoms. The van der Waals surface area contributed by atoms with Crippen LogP contribution in [0.3, 0.4) is 0 Å². The Labute approximate surface area is 150 Å². The van der Waals surface area contributed by atoms with Gasteiger partial charge in [-0.2, -0.15) is 5.10 Å². The molecule has 1 N–H and O–H groups in total. The van der Waals surface area contributed by atoms with Gasteiger partial charge in [-0.3, -0.25) is 4.79 Å². The number of nitrogens with zero attached hydrogens (tertiary/aromatic N) is 3. The molecular weight excluding hydrogens is 332 g/mol. The van der Waals surface area contributed by atoms with Gasteiger partial charge in [-0.15, -0.1) is 0 Å². The maximum absolute atomic E-state index is 12.2. The molecule has 0 atom stereocenters. The Morgan fingerprint density at radius 3 is 2.62 bits per heavy atom. The maximum atomic E-state index is 12.2. The van der Waals surface area contributed by atoms with E-state index in [0.717, 1.165) is 5.56 Å². The average molecular weight is 350 g/mol. The van der Waals surface area contributed by atoms with Gasteiger partial charge >= 0.3 is 5.97 Å². The first-order valence-electron chi connectivity index (χ1n) is 8.09. The van der Waals surface area contributed by atoms with Crippen molar-refractivity contribution in [1.82, 2.24) is 20.1 Å². The lowest BCUT2D eigenvalue weighted by molar-refractivity contribution is -0.124. The number of ether oxygens (including phenoxy) is 1. The van der Waals surface area contributed by atoms with E-state index in [-0.39, 0.29) is 12.5 Å². The van der Waals surface area contributed by atoms with Crippen LogP contribution in [0.2, 0.25) is 0 Å². The van der Waals surface area contributed by atoms with Gasteiger partial charge in [-0.05, 0) is 24.6 Å². The molecular formula is C19H18N4O3. The Bertz CT molecular complexity index is 892. The lowest BCUT2D eigenvalue weighted by Crippen LogP contribution is -2.28. The third-order valence-corrected chi connectivity index (χ3v) is 3.76. The molecule has 26 heavy (non-hydrogen) atoms. The van der Waals surface area contributed by atoms with Gasteiger partial charge < -0.3 is 10.1 Å². The molecule has 132 valence electrons. The highest BCUT2D eigenvalue weighted by Crippen LogP contribution is 2.13. The van der Waals surface area contributed by atoms with Crippen LogP contribution in [0.25, 0.3) is 5.82 Å². The summed E-state index contributed by atoms with van der Waals surface area (Å²) >= 11 is 0. The van der Waals surface area contributed by atoms with Gasteiger partial charge in [-0.25, -0.2) is 14.5 Å². The lowest BCUT2D eigenvalue weighted by atomic mass is 10.2. The van der Waals surface area contributed by atoms with Crippen molar-refractivity contribution in [2.45, 2.75) is 13.5 Å². The van der Waals surface area contributed by atoms with Gasteiger partial charge in [0.25, 0.3) is 5.91 Å². The van der Waals surface area contributed by atoms with E-state index < -0.39 is 5.97 Å². The number of hydrogen-bond donors (Lipinski definition) is 1. The van der Waals surface area contributed by atoms with E-state index in [0.29, 0.717) is 23.6 Å². The van der Waals surface area contributed by atoms with E-state index in [9.17, 15) is 9.59 Å². The summed E-state index contributed by atoms with van der Waals surface area (Å²) in [4.78, 5) is 28.3. The molecule has 0 fully saturated rings. The second-order valence-electron chi connectivity index (χ2n) is 5.58. The summed E-state index contributed by atoms with van der Waals surface area (Å²) in [6.45, 7) is 1.78. The van der Waals surface area contributed by atoms with Gasteiger partial charge in [0.15, 0.2) is 12.4 Å². The van der Waals surface area contributed by atoms with Crippen molar-refractivity contribution < 1.29 is 14.3 Å². The smallest absolute Gasteiger partial charge is 0.342 e. The second-order valence-corrected chi connectivity index (χ2v) is 5.58. The summed E-state index contributed by atoms with van der Waals surface area (Å²) in [6.07, 6.45) is 3.06. The zero-order valence-corrected chi connectivity index (χ0v) is 14.3. The first-order valence-corrected chi connectivity index (χ1v) is 8.09. The number of carbonyl (C=O) groups excluding carboxylic acids is 2. The molecule has 2 aromatic heterocycles. The number of nitrogens with one attached hydrogen (secondary N) is 1. The van der Waals surface area contributed by atoms with Crippen molar-refractivity contribution >= 4 is 11.9 Å². The SMILES string of the molecule is Cc1c(C(=O)OCC(=O)NCc2ccccc2)cnn1-c1ccccn1. The summed E-state index contributed by atoms with van der Waals surface area (Å²) in [5.74, 6) is -0.360. The Morgan fingerprint density at radius 1 is 1.12 bits per heavy atom. The van der Waals surface area contributed by atoms with Gasteiger partial charge in [0.05, 0.1) is 11.9 Å². The van der Waals surface area contributed by atoms with E-state index in [2.05, 4.69) is 15.4 Å². The molecule has 0 radical (unpaired) electrons. The summed E-state index contributed by atoms with van der Waals surface area (Å²) < 4.78 is 6.63. The van der Waals surface area contributed by atoms with Gasteiger partial charge in [0.1, 0.15) is 5.56 Å². The molecule has 0 saturated heterocycles. The normalized spacial score (nSPS) is 10.3. The molecule has 0 aliphatic rings. The van der Waals surface area contributed by atoms with E-state index in [1.54, 1.807) is 29.9 Å². The quantitative estimate of drug-likeness (QED) is 0.688. The summed E-state index contributed by atoms with van der Waals surface area (Å²) in [5, 5.41) is 6.87. The van der Waals surface area contributed by atoms with Crippen molar-refractivity contribution in [2.24, 2.45) is 0 Å². The minimum atomic E-state index is -0.598. The number of amides is 1. The Balaban J connectivity index is 1.55. The fourth-order valence-electron chi connectivity index (χ4n) is 2.38. The van der Waals surface area contributed by atoms with Crippen LogP contribution in [0.1, 0.15) is 21.6 Å². The summed E-state index contributed by atoms with van der Waals surface area (Å²) in [5.41, 5.74) is 1.87. The Kier molecular flexibility index (Phi) is 5.38. The van der Waals surface area contributed by atoms with Crippen LogP contribution in [-0.4, -0.2) is 33.2 Å². The maximum Gasteiger partial charge on any atom is 0.342 e. The highest BCUT2D eigenvalue weighted by molar-refractivity contribution is 5.92. The minimum absolute atomic E-state index is 0.298. The fourth-order valence-corrected chi connectivity index (χ4v) is 2.38. The molecule has 0 spiro atoms. The van der Waals surface area contributed by atoms with Crippen LogP contribution in [-0.2, 0) is 16.1 Å². The molecule has 1 aromatic carbocycles. The standard InChI is InChI=1S/C19H18N4O3/c1-14-16(12-22-23(14)17-9-5-6-10-20-17)19(25)26-13-18(24)21-11-15-7-3-2-4-8-15/h2-10,12H,11,13H2,1H3,(H,21,24). The number of rotatable bonds is 6. The Hall–Kier alpha value is -3.48. The van der Waals surface area contributed by atoms with Gasteiger partial charge in [0.2, 0.25) is 0 Å². The van der Waals surface area contributed by atoms with Crippen LogP contribution in [0.5, 0.6) is 0 Å². The van der Waals surface area contributed by atoms with E-state index in [1.807, 2.05) is 36.4 Å². The van der Waals surface area contributed by atoms with Gasteiger partial charge in [0, 0.05) is 12.7 Å². The second kappa shape index (κ2) is 8.06. The molecule has 2 heterocycles. The molecule has 0 aliphatic carbocycles. The van der Waals surface area contributed by atoms with Gasteiger partial charge in [-0.1, -0.05) is 36.4 Å². The molecule has 1 amide bonds. The zero-order chi connectivity index (χ0) is 18.4. The first kappa shape index (κ1) is 17.3. The van der Waals surface area contributed by atoms with Crippen molar-refractivity contribution in [3.8, 4) is 5.82 Å². The van der Waals surface area contributed by atoms with Crippen LogP contribution in [0.4, 0.5) is 0 Å². The number of benzene rings is 1. The number of pyridine rings is 1. The number of carbonyl (C=O) groups is 2. The topological polar surface area (TPSA) is 86.1 Å². The van der Waals surface area contributed by atoms with Crippen molar-refractivity contribution in [3.05, 3.63) is 77.7 Å². The van der Waals surface area contributed by atoms with Crippen molar-refractivity contribution in [1.29, 1.82) is 0 Å². The summed E-state index contributed by atoms with van der Waals surface area (Å²) in [6, 6.07) is 14.9. The molecule has 0 aliphatic heterocycles. The van der Waals surface area contributed by atoms with Crippen LogP contribution < -0.4 is 5.32 Å². The molecule has 3 aromatic rings. The first-order chi connectivity index (χ1) is 12.6. The number of esters is 1. The molecule has 0 saturated carbocycles. The van der Waals surface area contributed by atoms with Crippen LogP contribution in [0.15, 0.2) is 60.9 Å². The largest absolute Gasteiger partial charge is 0.452 e. The molecule has 7 nitrogen and oxygen atoms in total. The number of hydrogen-bond acceptors (Lipinski definition) is 5. The number of aromatic nitrogens is 3. The zero-order valence-electron chi connectivity index (χ0n) is 14.3. The van der Waals surface area contributed by atoms with E-state index in [1.165, 1.54) is 6.20 Å². The molecule has 3 rings (SSSR count). The summed E-state index contributed by atoms with van der Waals surface area (Å²) in [7, 11) is 0. The molecule has 0 bridgehead atoms. The van der Waals surface area contributed by atoms with Crippen LogP contribution in [0, 0.1) is 6.92 Å². The predicted octanol–water partition coefficient (Wildman–Crippen LogP) is 2.05. The highest BCUT2D eigenvalue weighted by Gasteiger charge is 2.18. The monoisotopic (exact) mass is 350 g/mol. The van der Waals surface area contributed by atoms with Crippen LogP contribution >= 0.6 is 0 Å². The lowest BCUT2D eigenvalue weighted by Gasteiger charge is -2.07. The highest BCUT2D eigenvalue weighted by atomic mass is 16.5. The van der Waals surface area contributed by atoms with Crippen molar-refractivity contribution in [2.75, 3.05) is 6.61 Å². The van der Waals surface area contributed by atoms with Crippen molar-refractivity contribution in [3.63, 3.8) is 0 Å². The van der Waals surface area contributed by atoms with E-state index >= 15 is 0 Å². The Morgan fingerprint density at radius 2 is 1.88 bits per heavy atom. The molecule has 0 unspecified atom stereocenters. The third-order valence-electron chi connectivity index (χ3n) is 3.76. The van der Waals surface area contributed by atoms with E-state index in [4.69, 9.17) is 4.74 Å². The minimum Gasteiger partial charge on any atom is -0.452 e. The fraction of sp³-hybridized carbons (Fsp3) is 0.158. The third kappa shape index (κ3) is 4.13. The average Bonchev–Trinajstić information content (AvgIpc) is 3.07. The predicted molar refractivity (Wildman–Crippen MR) is 94.7 cm³/mol.